The molecule has 0 aromatic rings. The highest BCUT2D eigenvalue weighted by Gasteiger charge is 2.05. The largest absolute Gasteiger partial charge is 0.409 e. The molecular formula is C11H26N4O. The van der Waals surface area contributed by atoms with Gasteiger partial charge in [-0.3, -0.25) is 0 Å². The third-order valence-corrected chi connectivity index (χ3v) is 2.66. The molecule has 0 aromatic heterocycles. The summed E-state index contributed by atoms with van der Waals surface area (Å²) in [7, 11) is 0. The number of rotatable bonds is 9. The molecule has 0 aliphatic heterocycles. The molecule has 0 spiro atoms. The topological polar surface area (TPSA) is 73.9 Å². The first-order chi connectivity index (χ1) is 7.63. The summed E-state index contributed by atoms with van der Waals surface area (Å²) in [5, 5.41) is 14.7. The molecule has 0 fully saturated rings. The van der Waals surface area contributed by atoms with Crippen LogP contribution in [-0.2, 0) is 0 Å². The van der Waals surface area contributed by atoms with E-state index in [0.29, 0.717) is 18.3 Å². The number of nitrogens with two attached hydrogens (primary N) is 1. The van der Waals surface area contributed by atoms with E-state index in [2.05, 4.69) is 36.1 Å². The summed E-state index contributed by atoms with van der Waals surface area (Å²) in [6, 6.07) is 0.479. The Bertz CT molecular complexity index is 192. The lowest BCUT2D eigenvalue weighted by molar-refractivity contribution is 0.271. The van der Waals surface area contributed by atoms with Crippen molar-refractivity contribution in [1.82, 2.24) is 10.2 Å². The Labute approximate surface area is 98.7 Å². The zero-order valence-electron chi connectivity index (χ0n) is 10.7. The van der Waals surface area contributed by atoms with Crippen LogP contribution in [0.4, 0.5) is 0 Å². The van der Waals surface area contributed by atoms with E-state index in [1.54, 1.807) is 0 Å². The molecule has 16 heavy (non-hydrogen) atoms. The summed E-state index contributed by atoms with van der Waals surface area (Å²) >= 11 is 0. The molecule has 0 saturated heterocycles. The molecule has 0 radical (unpaired) electrons. The van der Waals surface area contributed by atoms with Crippen molar-refractivity contribution in [3.63, 3.8) is 0 Å². The van der Waals surface area contributed by atoms with E-state index >= 15 is 0 Å². The van der Waals surface area contributed by atoms with E-state index in [4.69, 9.17) is 10.9 Å². The smallest absolute Gasteiger partial charge is 0.139 e. The van der Waals surface area contributed by atoms with Gasteiger partial charge in [-0.15, -0.1) is 0 Å². The normalized spacial score (nSPS) is 14.4. The summed E-state index contributed by atoms with van der Waals surface area (Å²) in [5.41, 5.74) is 5.38. The Morgan fingerprint density at radius 3 is 2.56 bits per heavy atom. The fourth-order valence-electron chi connectivity index (χ4n) is 1.60. The number of hydrogen-bond donors (Lipinski definition) is 3. The number of likely N-dealkylation sites (N-methyl/N-ethyl adjacent to an activating group) is 1. The summed E-state index contributed by atoms with van der Waals surface area (Å²) < 4.78 is 0. The van der Waals surface area contributed by atoms with Crippen LogP contribution in [0.2, 0.25) is 0 Å². The third-order valence-electron chi connectivity index (χ3n) is 2.66. The molecule has 0 aromatic carbocycles. The highest BCUT2D eigenvalue weighted by atomic mass is 16.4. The molecule has 1 unspecified atom stereocenters. The zero-order valence-corrected chi connectivity index (χ0v) is 10.7. The maximum Gasteiger partial charge on any atom is 0.139 e. The van der Waals surface area contributed by atoms with Crippen LogP contribution in [0.15, 0.2) is 5.16 Å². The quantitative estimate of drug-likeness (QED) is 0.180. The number of oxime groups is 1. The number of hydrogen-bond acceptors (Lipinski definition) is 4. The monoisotopic (exact) mass is 230 g/mol. The van der Waals surface area contributed by atoms with Crippen LogP contribution in [-0.4, -0.2) is 48.2 Å². The second kappa shape index (κ2) is 9.42. The number of nitrogens with zero attached hydrogens (tertiary/aromatic N) is 2. The Balaban J connectivity index is 3.53. The van der Waals surface area contributed by atoms with Gasteiger partial charge >= 0.3 is 0 Å². The first-order valence-electron chi connectivity index (χ1n) is 6.06. The molecule has 0 saturated carbocycles. The average molecular weight is 230 g/mol. The predicted octanol–water partition coefficient (Wildman–Crippen LogP) is 0.833. The van der Waals surface area contributed by atoms with Crippen LogP contribution < -0.4 is 11.1 Å². The van der Waals surface area contributed by atoms with Gasteiger partial charge in [0, 0.05) is 19.0 Å². The lowest BCUT2D eigenvalue weighted by Crippen LogP contribution is -2.39. The fourth-order valence-corrected chi connectivity index (χ4v) is 1.60. The predicted molar refractivity (Wildman–Crippen MR) is 67.9 cm³/mol. The molecule has 0 heterocycles. The minimum atomic E-state index is 0.304. The maximum absolute atomic E-state index is 8.36. The van der Waals surface area contributed by atoms with Crippen LogP contribution in [0.1, 0.15) is 33.6 Å². The first-order valence-corrected chi connectivity index (χ1v) is 6.06. The molecule has 0 aliphatic carbocycles. The fraction of sp³-hybridized carbons (Fsp3) is 0.909. The molecule has 0 amide bonds. The molecular weight excluding hydrogens is 204 g/mol. The minimum Gasteiger partial charge on any atom is -0.409 e. The molecule has 0 aliphatic rings. The van der Waals surface area contributed by atoms with Gasteiger partial charge in [0.2, 0.25) is 0 Å². The van der Waals surface area contributed by atoms with Gasteiger partial charge in [0.15, 0.2) is 0 Å². The van der Waals surface area contributed by atoms with Gasteiger partial charge in [-0.25, -0.2) is 0 Å². The van der Waals surface area contributed by atoms with Crippen molar-refractivity contribution in [2.45, 2.75) is 39.7 Å². The van der Waals surface area contributed by atoms with Crippen LogP contribution >= 0.6 is 0 Å². The van der Waals surface area contributed by atoms with Gasteiger partial charge in [0.25, 0.3) is 0 Å². The molecule has 5 nitrogen and oxygen atoms in total. The van der Waals surface area contributed by atoms with Gasteiger partial charge in [0.05, 0.1) is 0 Å². The van der Waals surface area contributed by atoms with Gasteiger partial charge in [-0.2, -0.15) is 0 Å². The van der Waals surface area contributed by atoms with Crippen molar-refractivity contribution in [2.75, 3.05) is 26.2 Å². The van der Waals surface area contributed by atoms with Gasteiger partial charge in [-0.05, 0) is 33.0 Å². The summed E-state index contributed by atoms with van der Waals surface area (Å²) in [6.07, 6.45) is 1.54. The van der Waals surface area contributed by atoms with Crippen molar-refractivity contribution in [2.24, 2.45) is 10.9 Å². The summed E-state index contributed by atoms with van der Waals surface area (Å²) in [5.74, 6) is 0.304. The number of amidine groups is 1. The zero-order chi connectivity index (χ0) is 12.4. The molecule has 96 valence electrons. The van der Waals surface area contributed by atoms with E-state index in [0.717, 1.165) is 32.6 Å². The van der Waals surface area contributed by atoms with E-state index in [1.807, 2.05) is 0 Å². The van der Waals surface area contributed by atoms with E-state index < -0.39 is 0 Å². The second-order valence-corrected chi connectivity index (χ2v) is 4.04. The van der Waals surface area contributed by atoms with Gasteiger partial charge in [-0.1, -0.05) is 19.0 Å². The van der Waals surface area contributed by atoms with E-state index in [9.17, 15) is 0 Å². The third kappa shape index (κ3) is 7.48. The van der Waals surface area contributed by atoms with Crippen molar-refractivity contribution < 1.29 is 5.21 Å². The second-order valence-electron chi connectivity index (χ2n) is 4.04. The minimum absolute atomic E-state index is 0.304. The van der Waals surface area contributed by atoms with Crippen molar-refractivity contribution >= 4 is 5.84 Å². The molecule has 5 heteroatoms. The highest BCUT2D eigenvalue weighted by Crippen LogP contribution is 1.93. The standard InChI is InChI=1S/C11H26N4O/c1-4-15(5-2)9-10(3)13-8-6-7-11(12)14-16/h10,13,16H,4-9H2,1-3H3,(H2,12,14). The SMILES string of the molecule is CCN(CC)CC(C)NCCCC(N)=NO. The van der Waals surface area contributed by atoms with Crippen LogP contribution in [0, 0.1) is 0 Å². The van der Waals surface area contributed by atoms with E-state index in [1.165, 1.54) is 0 Å². The van der Waals surface area contributed by atoms with Crippen molar-refractivity contribution in [3.8, 4) is 0 Å². The lowest BCUT2D eigenvalue weighted by Gasteiger charge is -2.23. The Morgan fingerprint density at radius 1 is 1.44 bits per heavy atom. The van der Waals surface area contributed by atoms with E-state index in [-0.39, 0.29) is 0 Å². The van der Waals surface area contributed by atoms with Crippen LogP contribution in [0.5, 0.6) is 0 Å². The van der Waals surface area contributed by atoms with Crippen molar-refractivity contribution in [1.29, 1.82) is 0 Å². The Hall–Kier alpha value is -0.810. The molecule has 4 N–H and O–H groups in total. The molecule has 1 atom stereocenters. The Kier molecular flexibility index (Phi) is 8.94. The lowest BCUT2D eigenvalue weighted by atomic mass is 10.2. The van der Waals surface area contributed by atoms with Crippen molar-refractivity contribution in [3.05, 3.63) is 0 Å². The van der Waals surface area contributed by atoms with Crippen LogP contribution in [0.3, 0.4) is 0 Å². The molecule has 0 bridgehead atoms. The highest BCUT2D eigenvalue weighted by molar-refractivity contribution is 5.79. The average Bonchev–Trinajstić information content (AvgIpc) is 2.31. The molecule has 0 rings (SSSR count). The maximum atomic E-state index is 8.36. The first kappa shape index (κ1) is 15.2. The summed E-state index contributed by atoms with van der Waals surface area (Å²) in [6.45, 7) is 10.7. The van der Waals surface area contributed by atoms with Crippen LogP contribution in [0.25, 0.3) is 0 Å². The Morgan fingerprint density at radius 2 is 2.06 bits per heavy atom. The van der Waals surface area contributed by atoms with Gasteiger partial charge < -0.3 is 21.2 Å². The summed E-state index contributed by atoms with van der Waals surface area (Å²) in [4.78, 5) is 2.39. The number of nitrogens with one attached hydrogen (secondary N) is 1. The van der Waals surface area contributed by atoms with Gasteiger partial charge in [0.1, 0.15) is 5.84 Å².